The number of aliphatic hydroxyl groups excluding tert-OH is 1. The Hall–Kier alpha value is -1.47. The molecule has 1 amide bonds. The number of non-ortho nitro benzene ring substituents is 1. The quantitative estimate of drug-likeness (QED) is 0.659. The number of benzene rings is 1. The van der Waals surface area contributed by atoms with Gasteiger partial charge in [0.15, 0.2) is 0 Å². The number of nitrogens with zero attached hydrogens (tertiary/aromatic N) is 2. The van der Waals surface area contributed by atoms with Crippen molar-refractivity contribution in [3.63, 3.8) is 0 Å². The van der Waals surface area contributed by atoms with Gasteiger partial charge in [-0.05, 0) is 34.3 Å². The van der Waals surface area contributed by atoms with Crippen molar-refractivity contribution >= 4 is 27.5 Å². The SMILES string of the molecule is CC1CCN(C(=O)c2ccc([N+](=O)[O-])cc2Br)CC1O. The zero-order valence-corrected chi connectivity index (χ0v) is 12.5. The van der Waals surface area contributed by atoms with E-state index in [0.29, 0.717) is 23.1 Å². The van der Waals surface area contributed by atoms with Crippen LogP contribution in [-0.2, 0) is 0 Å². The Labute approximate surface area is 124 Å². The Kier molecular flexibility index (Phi) is 4.39. The third kappa shape index (κ3) is 2.99. The minimum Gasteiger partial charge on any atom is -0.391 e. The molecule has 20 heavy (non-hydrogen) atoms. The van der Waals surface area contributed by atoms with E-state index in [1.54, 1.807) is 4.90 Å². The number of piperidine rings is 1. The summed E-state index contributed by atoms with van der Waals surface area (Å²) >= 11 is 3.20. The molecule has 1 aromatic rings. The van der Waals surface area contributed by atoms with Crippen LogP contribution in [0.4, 0.5) is 5.69 Å². The highest BCUT2D eigenvalue weighted by Crippen LogP contribution is 2.26. The maximum Gasteiger partial charge on any atom is 0.270 e. The summed E-state index contributed by atoms with van der Waals surface area (Å²) in [5.74, 6) is -0.0444. The average Bonchev–Trinajstić information content (AvgIpc) is 2.41. The van der Waals surface area contributed by atoms with Gasteiger partial charge in [-0.15, -0.1) is 0 Å². The Morgan fingerprint density at radius 2 is 2.25 bits per heavy atom. The van der Waals surface area contributed by atoms with E-state index < -0.39 is 11.0 Å². The number of β-amino-alcohol motifs (C(OH)–C–C–N with tert-alkyl or cyclic N) is 1. The highest BCUT2D eigenvalue weighted by Gasteiger charge is 2.29. The molecule has 2 atom stereocenters. The molecule has 7 heteroatoms. The second-order valence-electron chi connectivity index (χ2n) is 5.01. The van der Waals surface area contributed by atoms with Crippen LogP contribution in [-0.4, -0.2) is 40.0 Å². The highest BCUT2D eigenvalue weighted by atomic mass is 79.9. The van der Waals surface area contributed by atoms with E-state index in [0.717, 1.165) is 6.42 Å². The lowest BCUT2D eigenvalue weighted by Crippen LogP contribution is -2.45. The van der Waals surface area contributed by atoms with Gasteiger partial charge in [-0.2, -0.15) is 0 Å². The molecule has 0 radical (unpaired) electrons. The van der Waals surface area contributed by atoms with Gasteiger partial charge in [-0.1, -0.05) is 6.92 Å². The molecule has 1 aliphatic rings. The highest BCUT2D eigenvalue weighted by molar-refractivity contribution is 9.10. The van der Waals surface area contributed by atoms with Gasteiger partial charge in [0.25, 0.3) is 11.6 Å². The number of nitro benzene ring substituents is 1. The fourth-order valence-corrected chi connectivity index (χ4v) is 2.73. The van der Waals surface area contributed by atoms with Crippen LogP contribution in [0.5, 0.6) is 0 Å². The summed E-state index contributed by atoms with van der Waals surface area (Å²) < 4.78 is 0.393. The molecule has 0 aromatic heterocycles. The van der Waals surface area contributed by atoms with Crippen molar-refractivity contribution in [2.75, 3.05) is 13.1 Å². The Bertz CT molecular complexity index is 549. The standard InChI is InChI=1S/C13H15BrN2O4/c1-8-4-5-15(7-12(8)17)13(18)10-3-2-9(16(19)20)6-11(10)14/h2-3,6,8,12,17H,4-5,7H2,1H3. The molecular weight excluding hydrogens is 328 g/mol. The molecular formula is C13H15BrN2O4. The fraction of sp³-hybridized carbons (Fsp3) is 0.462. The lowest BCUT2D eigenvalue weighted by atomic mass is 9.95. The number of hydrogen-bond acceptors (Lipinski definition) is 4. The number of aliphatic hydroxyl groups is 1. The summed E-state index contributed by atoms with van der Waals surface area (Å²) in [7, 11) is 0. The van der Waals surface area contributed by atoms with Gasteiger partial charge in [0.05, 0.1) is 16.6 Å². The second kappa shape index (κ2) is 5.88. The van der Waals surface area contributed by atoms with Gasteiger partial charge in [0, 0.05) is 29.7 Å². The van der Waals surface area contributed by atoms with Crippen molar-refractivity contribution in [3.8, 4) is 0 Å². The van der Waals surface area contributed by atoms with Gasteiger partial charge in [-0.25, -0.2) is 0 Å². The molecule has 1 aliphatic heterocycles. The van der Waals surface area contributed by atoms with Gasteiger partial charge >= 0.3 is 0 Å². The Morgan fingerprint density at radius 3 is 2.80 bits per heavy atom. The van der Waals surface area contributed by atoms with E-state index >= 15 is 0 Å². The zero-order chi connectivity index (χ0) is 14.9. The third-order valence-electron chi connectivity index (χ3n) is 3.60. The first kappa shape index (κ1) is 14.9. The van der Waals surface area contributed by atoms with Crippen LogP contribution in [0.3, 0.4) is 0 Å². The normalized spacial score (nSPS) is 22.6. The third-order valence-corrected chi connectivity index (χ3v) is 4.26. The number of nitro groups is 1. The predicted octanol–water partition coefficient (Wildman–Crippen LogP) is 2.20. The average molecular weight is 343 g/mol. The van der Waals surface area contributed by atoms with Crippen molar-refractivity contribution in [3.05, 3.63) is 38.3 Å². The van der Waals surface area contributed by atoms with E-state index in [1.165, 1.54) is 18.2 Å². The molecule has 108 valence electrons. The van der Waals surface area contributed by atoms with Gasteiger partial charge in [-0.3, -0.25) is 14.9 Å². The summed E-state index contributed by atoms with van der Waals surface area (Å²) in [5, 5.41) is 20.5. The number of halogens is 1. The number of amides is 1. The van der Waals surface area contributed by atoms with Crippen molar-refractivity contribution in [1.29, 1.82) is 0 Å². The molecule has 1 heterocycles. The van der Waals surface area contributed by atoms with Crippen molar-refractivity contribution in [2.24, 2.45) is 5.92 Å². The maximum absolute atomic E-state index is 12.4. The first-order valence-electron chi connectivity index (χ1n) is 6.31. The number of likely N-dealkylation sites (tertiary alicyclic amines) is 1. The van der Waals surface area contributed by atoms with E-state index in [1.807, 2.05) is 6.92 Å². The fourth-order valence-electron chi connectivity index (χ4n) is 2.19. The molecule has 0 saturated carbocycles. The predicted molar refractivity (Wildman–Crippen MR) is 76.5 cm³/mol. The van der Waals surface area contributed by atoms with Crippen LogP contribution >= 0.6 is 15.9 Å². The van der Waals surface area contributed by atoms with Gasteiger partial charge < -0.3 is 10.0 Å². The smallest absolute Gasteiger partial charge is 0.270 e. The summed E-state index contributed by atoms with van der Waals surface area (Å²) in [6, 6.07) is 4.06. The first-order valence-corrected chi connectivity index (χ1v) is 7.10. The molecule has 0 spiro atoms. The van der Waals surface area contributed by atoms with Crippen molar-refractivity contribution in [1.82, 2.24) is 4.90 Å². The topological polar surface area (TPSA) is 83.7 Å². The van der Waals surface area contributed by atoms with Crippen molar-refractivity contribution < 1.29 is 14.8 Å². The van der Waals surface area contributed by atoms with E-state index in [9.17, 15) is 20.0 Å². The van der Waals surface area contributed by atoms with Crippen LogP contribution < -0.4 is 0 Å². The summed E-state index contributed by atoms with van der Waals surface area (Å²) in [6.45, 7) is 2.83. The number of carbonyl (C=O) groups excluding carboxylic acids is 1. The van der Waals surface area contributed by atoms with Crippen LogP contribution in [0.15, 0.2) is 22.7 Å². The monoisotopic (exact) mass is 342 g/mol. The minimum absolute atomic E-state index is 0.0688. The molecule has 1 aromatic carbocycles. The Balaban J connectivity index is 2.19. The molecule has 2 unspecified atom stereocenters. The van der Waals surface area contributed by atoms with Crippen LogP contribution in [0.25, 0.3) is 0 Å². The largest absolute Gasteiger partial charge is 0.391 e. The molecule has 1 N–H and O–H groups in total. The molecule has 0 bridgehead atoms. The van der Waals surface area contributed by atoms with Crippen LogP contribution in [0.2, 0.25) is 0 Å². The second-order valence-corrected chi connectivity index (χ2v) is 5.86. The van der Waals surface area contributed by atoms with E-state index in [4.69, 9.17) is 0 Å². The van der Waals surface area contributed by atoms with Crippen LogP contribution in [0.1, 0.15) is 23.7 Å². The molecule has 1 saturated heterocycles. The number of rotatable bonds is 2. The Morgan fingerprint density at radius 1 is 1.55 bits per heavy atom. The minimum atomic E-state index is -0.524. The number of carbonyl (C=O) groups is 1. The van der Waals surface area contributed by atoms with Crippen molar-refractivity contribution in [2.45, 2.75) is 19.4 Å². The molecule has 0 aliphatic carbocycles. The summed E-state index contributed by atoms with van der Waals surface area (Å²) in [5.41, 5.74) is 0.304. The maximum atomic E-state index is 12.4. The lowest BCUT2D eigenvalue weighted by Gasteiger charge is -2.34. The molecule has 2 rings (SSSR count). The van der Waals surface area contributed by atoms with Gasteiger partial charge in [0.1, 0.15) is 0 Å². The van der Waals surface area contributed by atoms with E-state index in [2.05, 4.69) is 15.9 Å². The van der Waals surface area contributed by atoms with Gasteiger partial charge in [0.2, 0.25) is 0 Å². The lowest BCUT2D eigenvalue weighted by molar-refractivity contribution is -0.384. The number of hydrogen-bond donors (Lipinski definition) is 1. The first-order chi connectivity index (χ1) is 9.40. The summed E-state index contributed by atoms with van der Waals surface area (Å²) in [4.78, 5) is 24.1. The summed E-state index contributed by atoms with van der Waals surface area (Å²) in [6.07, 6.45) is 0.224. The molecule has 1 fully saturated rings. The van der Waals surface area contributed by atoms with Crippen LogP contribution in [0, 0.1) is 16.0 Å². The molecule has 6 nitrogen and oxygen atoms in total. The van der Waals surface area contributed by atoms with E-state index in [-0.39, 0.29) is 17.5 Å². The zero-order valence-electron chi connectivity index (χ0n) is 11.0.